The van der Waals surface area contributed by atoms with Crippen molar-refractivity contribution in [2.45, 2.75) is 11.3 Å². The molecule has 0 heterocycles. The van der Waals surface area contributed by atoms with Crippen molar-refractivity contribution in [3.63, 3.8) is 0 Å². The van der Waals surface area contributed by atoms with Crippen LogP contribution in [-0.2, 0) is 16.4 Å². The van der Waals surface area contributed by atoms with Gasteiger partial charge in [-0.1, -0.05) is 41.9 Å². The Labute approximate surface area is 132 Å². The number of nitrogens with one attached hydrogen (secondary N) is 1. The first-order chi connectivity index (χ1) is 10.4. The molecular weight excluding hydrogens is 328 g/mol. The van der Waals surface area contributed by atoms with Gasteiger partial charge in [0.25, 0.3) is 5.69 Å². The maximum Gasteiger partial charge on any atom is 0.290 e. The van der Waals surface area contributed by atoms with Crippen LogP contribution in [-0.4, -0.2) is 19.9 Å². The van der Waals surface area contributed by atoms with Gasteiger partial charge in [-0.2, -0.15) is 0 Å². The van der Waals surface area contributed by atoms with E-state index in [0.29, 0.717) is 6.42 Å². The summed E-state index contributed by atoms with van der Waals surface area (Å²) < 4.78 is 26.8. The minimum atomic E-state index is -3.97. The fourth-order valence-corrected chi connectivity index (χ4v) is 3.26. The summed E-state index contributed by atoms with van der Waals surface area (Å²) in [4.78, 5) is 9.81. The predicted octanol–water partition coefficient (Wildman–Crippen LogP) is 2.77. The summed E-state index contributed by atoms with van der Waals surface area (Å²) in [5, 5.41) is 11.1. The lowest BCUT2D eigenvalue weighted by Gasteiger charge is -2.07. The average molecular weight is 341 g/mol. The normalized spacial score (nSPS) is 11.3. The van der Waals surface area contributed by atoms with E-state index in [0.717, 1.165) is 17.7 Å². The second-order valence-electron chi connectivity index (χ2n) is 4.50. The molecule has 0 saturated heterocycles. The van der Waals surface area contributed by atoms with Crippen molar-refractivity contribution < 1.29 is 13.3 Å². The molecule has 0 aliphatic heterocycles. The first-order valence-corrected chi connectivity index (χ1v) is 8.24. The Balaban J connectivity index is 2.15. The number of nitro groups is 1. The van der Waals surface area contributed by atoms with E-state index in [1.54, 1.807) is 0 Å². The molecule has 0 bridgehead atoms. The van der Waals surface area contributed by atoms with Crippen LogP contribution >= 0.6 is 11.6 Å². The number of sulfonamides is 1. The molecule has 0 atom stereocenters. The summed E-state index contributed by atoms with van der Waals surface area (Å²) >= 11 is 5.68. The molecule has 6 nitrogen and oxygen atoms in total. The highest BCUT2D eigenvalue weighted by atomic mass is 35.5. The van der Waals surface area contributed by atoms with Crippen molar-refractivity contribution in [3.8, 4) is 0 Å². The summed E-state index contributed by atoms with van der Waals surface area (Å²) in [5.74, 6) is 0. The summed E-state index contributed by atoms with van der Waals surface area (Å²) in [6, 6.07) is 12.8. The summed E-state index contributed by atoms with van der Waals surface area (Å²) in [6.07, 6.45) is 0.488. The highest BCUT2D eigenvalue weighted by Gasteiger charge is 2.25. The van der Waals surface area contributed by atoms with Crippen LogP contribution in [0, 0.1) is 10.1 Å². The number of nitrogens with zero attached hydrogens (tertiary/aromatic N) is 1. The molecule has 0 fully saturated rings. The second-order valence-corrected chi connectivity index (χ2v) is 6.67. The van der Waals surface area contributed by atoms with Gasteiger partial charge in [0.2, 0.25) is 10.0 Å². The fraction of sp³-hybridized carbons (Fsp3) is 0.143. The highest BCUT2D eigenvalue weighted by Crippen LogP contribution is 2.26. The molecule has 22 heavy (non-hydrogen) atoms. The van der Waals surface area contributed by atoms with E-state index in [2.05, 4.69) is 4.72 Å². The van der Waals surface area contributed by atoms with E-state index in [1.165, 1.54) is 6.07 Å². The molecule has 1 N–H and O–H groups in total. The Kier molecular flexibility index (Phi) is 5.12. The Morgan fingerprint density at radius 3 is 2.45 bits per heavy atom. The van der Waals surface area contributed by atoms with Gasteiger partial charge in [0, 0.05) is 17.6 Å². The standard InChI is InChI=1S/C14H13ClN2O4S/c15-12-6-7-14(13(10-12)17(18)19)22(20,21)16-9-8-11-4-2-1-3-5-11/h1-7,10,16H,8-9H2. The molecule has 8 heteroatoms. The van der Waals surface area contributed by atoms with E-state index in [1.807, 2.05) is 30.3 Å². The number of hydrogen-bond acceptors (Lipinski definition) is 4. The van der Waals surface area contributed by atoms with Crippen LogP contribution in [0.25, 0.3) is 0 Å². The number of nitro benzene ring substituents is 1. The third kappa shape index (κ3) is 4.03. The number of rotatable bonds is 6. The zero-order chi connectivity index (χ0) is 16.2. The van der Waals surface area contributed by atoms with Crippen LogP contribution in [0.4, 0.5) is 5.69 Å². The smallest absolute Gasteiger partial charge is 0.258 e. The molecule has 0 aromatic heterocycles. The number of benzene rings is 2. The van der Waals surface area contributed by atoms with Crippen molar-refractivity contribution in [1.29, 1.82) is 0 Å². The van der Waals surface area contributed by atoms with Gasteiger partial charge >= 0.3 is 0 Å². The minimum absolute atomic E-state index is 0.106. The lowest BCUT2D eigenvalue weighted by Crippen LogP contribution is -2.26. The lowest BCUT2D eigenvalue weighted by atomic mass is 10.2. The fourth-order valence-electron chi connectivity index (χ4n) is 1.91. The topological polar surface area (TPSA) is 89.3 Å². The SMILES string of the molecule is O=[N+]([O-])c1cc(Cl)ccc1S(=O)(=O)NCCc1ccccc1. The molecule has 2 rings (SSSR count). The Morgan fingerprint density at radius 2 is 1.82 bits per heavy atom. The van der Waals surface area contributed by atoms with Gasteiger partial charge in [0.1, 0.15) is 0 Å². The zero-order valence-corrected chi connectivity index (χ0v) is 13.0. The molecule has 0 spiro atoms. The Hall–Kier alpha value is -1.96. The molecule has 0 amide bonds. The van der Waals surface area contributed by atoms with E-state index in [9.17, 15) is 18.5 Å². The molecule has 116 valence electrons. The molecular formula is C14H13ClN2O4S. The van der Waals surface area contributed by atoms with Crippen molar-refractivity contribution >= 4 is 27.3 Å². The largest absolute Gasteiger partial charge is 0.290 e. The maximum absolute atomic E-state index is 12.2. The monoisotopic (exact) mass is 340 g/mol. The van der Waals surface area contributed by atoms with Gasteiger partial charge in [-0.05, 0) is 24.1 Å². The molecule has 0 saturated carbocycles. The van der Waals surface area contributed by atoms with Crippen LogP contribution in [0.3, 0.4) is 0 Å². The summed E-state index contributed by atoms with van der Waals surface area (Å²) in [5.41, 5.74) is 0.426. The molecule has 0 aliphatic carbocycles. The molecule has 2 aromatic rings. The van der Waals surface area contributed by atoms with Gasteiger partial charge in [-0.3, -0.25) is 10.1 Å². The first kappa shape index (κ1) is 16.4. The van der Waals surface area contributed by atoms with Crippen molar-refractivity contribution in [3.05, 3.63) is 69.2 Å². The van der Waals surface area contributed by atoms with E-state index in [-0.39, 0.29) is 11.6 Å². The summed E-state index contributed by atoms with van der Waals surface area (Å²) in [6.45, 7) is 0.145. The molecule has 0 unspecified atom stereocenters. The molecule has 2 aromatic carbocycles. The molecule has 0 radical (unpaired) electrons. The first-order valence-electron chi connectivity index (χ1n) is 6.38. The van der Waals surface area contributed by atoms with Gasteiger partial charge in [-0.15, -0.1) is 0 Å². The van der Waals surface area contributed by atoms with Gasteiger partial charge in [0.15, 0.2) is 4.90 Å². The number of hydrogen-bond donors (Lipinski definition) is 1. The Bertz CT molecular complexity index is 779. The van der Waals surface area contributed by atoms with E-state index < -0.39 is 25.5 Å². The van der Waals surface area contributed by atoms with Gasteiger partial charge in [-0.25, -0.2) is 13.1 Å². The number of halogens is 1. The zero-order valence-electron chi connectivity index (χ0n) is 11.4. The maximum atomic E-state index is 12.2. The average Bonchev–Trinajstić information content (AvgIpc) is 2.47. The third-order valence-electron chi connectivity index (χ3n) is 2.96. The third-order valence-corrected chi connectivity index (χ3v) is 4.70. The van der Waals surface area contributed by atoms with Crippen molar-refractivity contribution in [2.75, 3.05) is 6.54 Å². The predicted molar refractivity (Wildman–Crippen MR) is 83.4 cm³/mol. The van der Waals surface area contributed by atoms with Gasteiger partial charge < -0.3 is 0 Å². The van der Waals surface area contributed by atoms with Crippen molar-refractivity contribution in [1.82, 2.24) is 4.72 Å². The van der Waals surface area contributed by atoms with Crippen LogP contribution in [0.15, 0.2) is 53.4 Å². The van der Waals surface area contributed by atoms with Crippen LogP contribution in [0.2, 0.25) is 5.02 Å². The summed E-state index contributed by atoms with van der Waals surface area (Å²) in [7, 11) is -3.97. The van der Waals surface area contributed by atoms with E-state index in [4.69, 9.17) is 11.6 Å². The minimum Gasteiger partial charge on any atom is -0.258 e. The lowest BCUT2D eigenvalue weighted by molar-refractivity contribution is -0.387. The van der Waals surface area contributed by atoms with Gasteiger partial charge in [0.05, 0.1) is 4.92 Å². The van der Waals surface area contributed by atoms with Crippen LogP contribution in [0.5, 0.6) is 0 Å². The Morgan fingerprint density at radius 1 is 1.14 bits per heavy atom. The molecule has 0 aliphatic rings. The highest BCUT2D eigenvalue weighted by molar-refractivity contribution is 7.89. The van der Waals surface area contributed by atoms with Crippen LogP contribution in [0.1, 0.15) is 5.56 Å². The van der Waals surface area contributed by atoms with Crippen molar-refractivity contribution in [2.24, 2.45) is 0 Å². The second kappa shape index (κ2) is 6.87. The van der Waals surface area contributed by atoms with E-state index >= 15 is 0 Å². The van der Waals surface area contributed by atoms with Crippen LogP contribution < -0.4 is 4.72 Å². The quantitative estimate of drug-likeness (QED) is 0.646.